The highest BCUT2D eigenvalue weighted by Gasteiger charge is 2.07. The van der Waals surface area contributed by atoms with Crippen molar-refractivity contribution < 1.29 is 0 Å². The molecule has 4 aromatic rings. The Labute approximate surface area is 141 Å². The molecule has 0 atom stereocenters. The van der Waals surface area contributed by atoms with Crippen molar-refractivity contribution in [2.75, 3.05) is 0 Å². The molecule has 7 heteroatoms. The van der Waals surface area contributed by atoms with Crippen LogP contribution in [0.4, 0.5) is 0 Å². The quantitative estimate of drug-likeness (QED) is 0.541. The van der Waals surface area contributed by atoms with Gasteiger partial charge in [-0.25, -0.2) is 9.97 Å². The number of aromatic nitrogens is 4. The van der Waals surface area contributed by atoms with Gasteiger partial charge in [0.2, 0.25) is 0 Å². The second-order valence-electron chi connectivity index (χ2n) is 5.22. The SMILES string of the molecule is Cc1nc2sccc2c(=O)n1/N=C/c1ccc(-n2ccnc2)cc1. The van der Waals surface area contributed by atoms with Crippen LogP contribution < -0.4 is 5.56 Å². The first-order chi connectivity index (χ1) is 11.7. The van der Waals surface area contributed by atoms with Crippen LogP contribution in [0.1, 0.15) is 11.4 Å². The van der Waals surface area contributed by atoms with Crippen LogP contribution >= 0.6 is 11.3 Å². The zero-order valence-electron chi connectivity index (χ0n) is 12.8. The van der Waals surface area contributed by atoms with Gasteiger partial charge < -0.3 is 4.57 Å². The lowest BCUT2D eigenvalue weighted by Crippen LogP contribution is -2.19. The summed E-state index contributed by atoms with van der Waals surface area (Å²) in [4.78, 5) is 21.6. The fraction of sp³-hybridized carbons (Fsp3) is 0.0588. The van der Waals surface area contributed by atoms with Crippen molar-refractivity contribution >= 4 is 27.8 Å². The normalized spacial score (nSPS) is 11.5. The van der Waals surface area contributed by atoms with Crippen LogP contribution in [-0.4, -0.2) is 25.4 Å². The summed E-state index contributed by atoms with van der Waals surface area (Å²) in [7, 11) is 0. The van der Waals surface area contributed by atoms with Crippen molar-refractivity contribution in [3.63, 3.8) is 0 Å². The summed E-state index contributed by atoms with van der Waals surface area (Å²) in [5.74, 6) is 0.571. The summed E-state index contributed by atoms with van der Waals surface area (Å²) >= 11 is 1.46. The molecular formula is C17H13N5OS. The molecule has 0 N–H and O–H groups in total. The van der Waals surface area contributed by atoms with Crippen molar-refractivity contribution in [3.8, 4) is 5.69 Å². The molecule has 0 aliphatic rings. The highest BCUT2D eigenvalue weighted by molar-refractivity contribution is 7.16. The maximum Gasteiger partial charge on any atom is 0.282 e. The number of nitrogens with zero attached hydrogens (tertiary/aromatic N) is 5. The Hall–Kier alpha value is -3.06. The molecule has 4 rings (SSSR count). The van der Waals surface area contributed by atoms with Crippen LogP contribution in [0, 0.1) is 6.92 Å². The average molecular weight is 335 g/mol. The number of imidazole rings is 1. The van der Waals surface area contributed by atoms with Crippen LogP contribution in [0.2, 0.25) is 0 Å². The first kappa shape index (κ1) is 14.5. The van der Waals surface area contributed by atoms with Crippen LogP contribution in [0.3, 0.4) is 0 Å². The Morgan fingerprint density at radius 3 is 2.79 bits per heavy atom. The summed E-state index contributed by atoms with van der Waals surface area (Å²) in [6, 6.07) is 9.60. The lowest BCUT2D eigenvalue weighted by atomic mass is 10.2. The van der Waals surface area contributed by atoms with Crippen molar-refractivity contribution in [1.82, 2.24) is 19.2 Å². The molecule has 0 fully saturated rings. The third-order valence-corrected chi connectivity index (χ3v) is 4.46. The van der Waals surface area contributed by atoms with E-state index in [1.807, 2.05) is 40.4 Å². The monoisotopic (exact) mass is 335 g/mol. The van der Waals surface area contributed by atoms with E-state index in [1.165, 1.54) is 16.0 Å². The molecule has 24 heavy (non-hydrogen) atoms. The highest BCUT2D eigenvalue weighted by Crippen LogP contribution is 2.15. The highest BCUT2D eigenvalue weighted by atomic mass is 32.1. The molecule has 1 aromatic carbocycles. The van der Waals surface area contributed by atoms with Crippen molar-refractivity contribution in [2.45, 2.75) is 6.92 Å². The second kappa shape index (κ2) is 5.86. The minimum atomic E-state index is -0.148. The molecule has 0 unspecified atom stereocenters. The molecule has 0 aliphatic carbocycles. The van der Waals surface area contributed by atoms with Gasteiger partial charge in [-0.2, -0.15) is 9.78 Å². The van der Waals surface area contributed by atoms with E-state index in [0.717, 1.165) is 16.1 Å². The van der Waals surface area contributed by atoms with Gasteiger partial charge in [-0.05, 0) is 36.1 Å². The van der Waals surface area contributed by atoms with E-state index >= 15 is 0 Å². The average Bonchev–Trinajstić information content (AvgIpc) is 3.26. The fourth-order valence-electron chi connectivity index (χ4n) is 2.41. The van der Waals surface area contributed by atoms with E-state index in [-0.39, 0.29) is 5.56 Å². The summed E-state index contributed by atoms with van der Waals surface area (Å²) in [6.45, 7) is 1.78. The molecule has 0 bridgehead atoms. The standard InChI is InChI=1S/C17H13N5OS/c1-12-20-16-15(6-9-24-16)17(23)22(12)19-10-13-2-4-14(5-3-13)21-8-7-18-11-21/h2-11H,1H3/b19-10+. The van der Waals surface area contributed by atoms with Gasteiger partial charge in [0.05, 0.1) is 17.9 Å². The van der Waals surface area contributed by atoms with E-state index in [2.05, 4.69) is 15.1 Å². The zero-order chi connectivity index (χ0) is 16.5. The van der Waals surface area contributed by atoms with Gasteiger partial charge in [-0.1, -0.05) is 12.1 Å². The minimum Gasteiger partial charge on any atom is -0.306 e. The molecule has 0 spiro atoms. The lowest BCUT2D eigenvalue weighted by Gasteiger charge is -2.04. The van der Waals surface area contributed by atoms with E-state index < -0.39 is 0 Å². The van der Waals surface area contributed by atoms with Gasteiger partial charge in [-0.3, -0.25) is 4.79 Å². The minimum absolute atomic E-state index is 0.148. The smallest absolute Gasteiger partial charge is 0.282 e. The number of fused-ring (bicyclic) bond motifs is 1. The van der Waals surface area contributed by atoms with Gasteiger partial charge >= 0.3 is 0 Å². The topological polar surface area (TPSA) is 65.1 Å². The summed E-state index contributed by atoms with van der Waals surface area (Å²) in [5, 5.41) is 6.76. The number of rotatable bonds is 3. The Kier molecular flexibility index (Phi) is 3.55. The van der Waals surface area contributed by atoms with Gasteiger partial charge in [0, 0.05) is 18.1 Å². The van der Waals surface area contributed by atoms with E-state index in [9.17, 15) is 4.79 Å². The van der Waals surface area contributed by atoms with Crippen LogP contribution in [0.15, 0.2) is 64.3 Å². The zero-order valence-corrected chi connectivity index (χ0v) is 13.6. The Bertz CT molecular complexity index is 1070. The first-order valence-corrected chi connectivity index (χ1v) is 8.20. The van der Waals surface area contributed by atoms with Gasteiger partial charge in [0.1, 0.15) is 10.7 Å². The fourth-order valence-corrected chi connectivity index (χ4v) is 3.21. The number of thiophene rings is 1. The molecule has 118 valence electrons. The summed E-state index contributed by atoms with van der Waals surface area (Å²) in [5.41, 5.74) is 1.76. The predicted octanol–water partition coefficient (Wildman–Crippen LogP) is 2.83. The van der Waals surface area contributed by atoms with E-state index in [1.54, 1.807) is 31.7 Å². The van der Waals surface area contributed by atoms with Crippen molar-refractivity contribution in [1.29, 1.82) is 0 Å². The molecule has 0 saturated heterocycles. The number of benzene rings is 1. The van der Waals surface area contributed by atoms with Crippen LogP contribution in [0.25, 0.3) is 15.9 Å². The molecular weight excluding hydrogens is 322 g/mol. The Morgan fingerprint density at radius 2 is 2.04 bits per heavy atom. The second-order valence-corrected chi connectivity index (χ2v) is 6.12. The molecule has 0 amide bonds. The van der Waals surface area contributed by atoms with Crippen molar-refractivity contribution in [3.05, 3.63) is 76.2 Å². The largest absolute Gasteiger partial charge is 0.306 e. The molecule has 3 aromatic heterocycles. The first-order valence-electron chi connectivity index (χ1n) is 7.32. The molecule has 0 aliphatic heterocycles. The Morgan fingerprint density at radius 1 is 1.21 bits per heavy atom. The maximum atomic E-state index is 12.4. The number of aryl methyl sites for hydroxylation is 1. The van der Waals surface area contributed by atoms with E-state index in [4.69, 9.17) is 0 Å². The number of hydrogen-bond acceptors (Lipinski definition) is 5. The van der Waals surface area contributed by atoms with Crippen LogP contribution in [0.5, 0.6) is 0 Å². The molecule has 3 heterocycles. The number of hydrogen-bond donors (Lipinski definition) is 0. The lowest BCUT2D eigenvalue weighted by molar-refractivity contribution is 0.772. The third-order valence-electron chi connectivity index (χ3n) is 3.66. The van der Waals surface area contributed by atoms with E-state index in [0.29, 0.717) is 11.2 Å². The van der Waals surface area contributed by atoms with Crippen molar-refractivity contribution in [2.24, 2.45) is 5.10 Å². The maximum absolute atomic E-state index is 12.4. The van der Waals surface area contributed by atoms with Gasteiger partial charge in [-0.15, -0.1) is 11.3 Å². The Balaban J connectivity index is 1.67. The van der Waals surface area contributed by atoms with Crippen LogP contribution in [-0.2, 0) is 0 Å². The molecule has 0 saturated carbocycles. The molecule has 0 radical (unpaired) electrons. The summed E-state index contributed by atoms with van der Waals surface area (Å²) in [6.07, 6.45) is 7.02. The third kappa shape index (κ3) is 2.55. The summed E-state index contributed by atoms with van der Waals surface area (Å²) < 4.78 is 3.25. The van der Waals surface area contributed by atoms with Gasteiger partial charge in [0.25, 0.3) is 5.56 Å². The molecule has 6 nitrogen and oxygen atoms in total. The van der Waals surface area contributed by atoms with Gasteiger partial charge in [0.15, 0.2) is 0 Å². The predicted molar refractivity (Wildman–Crippen MR) is 95.2 cm³/mol.